The van der Waals surface area contributed by atoms with Crippen molar-refractivity contribution in [1.82, 2.24) is 19.9 Å². The predicted octanol–water partition coefficient (Wildman–Crippen LogP) is 3.80. The number of anilines is 1. The minimum atomic E-state index is -3.85. The summed E-state index contributed by atoms with van der Waals surface area (Å²) < 4.78 is 72.7. The van der Waals surface area contributed by atoms with Gasteiger partial charge >= 0.3 is 0 Å². The van der Waals surface area contributed by atoms with Crippen molar-refractivity contribution < 1.29 is 31.9 Å². The van der Waals surface area contributed by atoms with E-state index in [0.29, 0.717) is 0 Å². The number of pyridine rings is 1. The van der Waals surface area contributed by atoms with Gasteiger partial charge in [0.2, 0.25) is 5.95 Å². The maximum absolute atomic E-state index is 14.7. The third kappa shape index (κ3) is 4.64. The number of amides is 1. The third-order valence-electron chi connectivity index (χ3n) is 5.43. The summed E-state index contributed by atoms with van der Waals surface area (Å²) in [5.74, 6) is -8.24. The Morgan fingerprint density at radius 3 is 2.51 bits per heavy atom. The molecule has 12 heteroatoms. The first-order chi connectivity index (χ1) is 16.5. The Morgan fingerprint density at radius 1 is 1.14 bits per heavy atom. The van der Waals surface area contributed by atoms with E-state index < -0.39 is 41.9 Å². The lowest BCUT2D eigenvalue weighted by Crippen LogP contribution is -2.41. The zero-order valence-electron chi connectivity index (χ0n) is 18.1. The van der Waals surface area contributed by atoms with E-state index in [1.54, 1.807) is 0 Å². The zero-order chi connectivity index (χ0) is 25.5. The number of fused-ring (bicyclic) bond motifs is 1. The number of aliphatic hydroxyl groups is 1. The lowest BCUT2D eigenvalue weighted by molar-refractivity contribution is -0.106. The largest absolute Gasteiger partial charge is 0.382 e. The molecule has 1 unspecified atom stereocenters. The summed E-state index contributed by atoms with van der Waals surface area (Å²) in [5, 5.41) is 15.8. The molecule has 7 nitrogen and oxygen atoms in total. The van der Waals surface area contributed by atoms with Crippen molar-refractivity contribution in [1.29, 1.82) is 0 Å². The van der Waals surface area contributed by atoms with Gasteiger partial charge in [-0.25, -0.2) is 26.5 Å². The topological polar surface area (TPSA) is 106 Å². The van der Waals surface area contributed by atoms with Gasteiger partial charge in [-0.15, -0.1) is 5.10 Å². The van der Waals surface area contributed by atoms with Crippen LogP contribution in [-0.4, -0.2) is 38.1 Å². The van der Waals surface area contributed by atoms with Gasteiger partial charge in [0.25, 0.3) is 11.8 Å². The number of aromatic nitrogens is 3. The summed E-state index contributed by atoms with van der Waals surface area (Å²) in [6.07, 6.45) is -0.935. The fraction of sp³-hybridized carbons (Fsp3) is 0.174. The van der Waals surface area contributed by atoms with E-state index in [-0.39, 0.29) is 39.4 Å². The van der Waals surface area contributed by atoms with Crippen molar-refractivity contribution in [3.8, 4) is 11.1 Å². The van der Waals surface area contributed by atoms with Gasteiger partial charge in [0.1, 0.15) is 11.9 Å². The third-order valence-corrected chi connectivity index (χ3v) is 5.43. The molecule has 0 radical (unpaired) electrons. The fourth-order valence-electron chi connectivity index (χ4n) is 3.51. The molecule has 0 fully saturated rings. The van der Waals surface area contributed by atoms with E-state index in [2.05, 4.69) is 10.1 Å². The monoisotopic (exact) mass is 491 g/mol. The van der Waals surface area contributed by atoms with E-state index in [9.17, 15) is 31.9 Å². The van der Waals surface area contributed by atoms with Crippen LogP contribution in [0.1, 0.15) is 27.6 Å². The average Bonchev–Trinajstić information content (AvgIpc) is 3.20. The number of nitrogens with two attached hydrogens (primary N) is 1. The van der Waals surface area contributed by atoms with E-state index in [1.807, 2.05) is 5.32 Å². The van der Waals surface area contributed by atoms with Crippen LogP contribution in [0.4, 0.5) is 27.9 Å². The molecule has 0 spiro atoms. The summed E-state index contributed by atoms with van der Waals surface area (Å²) in [6, 6.07) is 7.58. The highest BCUT2D eigenvalue weighted by atomic mass is 19.3. The molecule has 0 aliphatic heterocycles. The van der Waals surface area contributed by atoms with Crippen LogP contribution in [0.2, 0.25) is 0 Å². The first kappa shape index (κ1) is 24.1. The molecular formula is C23H18F5N5O2. The lowest BCUT2D eigenvalue weighted by atomic mass is 9.98. The van der Waals surface area contributed by atoms with Gasteiger partial charge in [-0.05, 0) is 48.4 Å². The van der Waals surface area contributed by atoms with Crippen LogP contribution in [0, 0.1) is 24.4 Å². The highest BCUT2D eigenvalue weighted by Crippen LogP contribution is 2.32. The Bertz CT molecular complexity index is 1420. The number of nitrogens with zero attached hydrogens (tertiary/aromatic N) is 3. The van der Waals surface area contributed by atoms with Crippen molar-refractivity contribution in [2.75, 3.05) is 12.3 Å². The fourth-order valence-corrected chi connectivity index (χ4v) is 3.51. The van der Waals surface area contributed by atoms with Gasteiger partial charge in [0.05, 0.1) is 6.54 Å². The van der Waals surface area contributed by atoms with Crippen molar-refractivity contribution in [2.45, 2.75) is 19.0 Å². The molecule has 0 aliphatic rings. The molecule has 0 saturated carbocycles. The van der Waals surface area contributed by atoms with Crippen LogP contribution in [0.3, 0.4) is 0 Å². The molecule has 4 aromatic rings. The first-order valence-corrected chi connectivity index (χ1v) is 10.2. The molecule has 182 valence electrons. The van der Waals surface area contributed by atoms with Crippen molar-refractivity contribution >= 4 is 17.5 Å². The van der Waals surface area contributed by atoms with Gasteiger partial charge in [-0.3, -0.25) is 4.79 Å². The van der Waals surface area contributed by atoms with Crippen LogP contribution < -0.4 is 11.1 Å². The zero-order valence-corrected chi connectivity index (χ0v) is 18.1. The maximum atomic E-state index is 14.7. The van der Waals surface area contributed by atoms with Gasteiger partial charge in [-0.2, -0.15) is 4.98 Å². The van der Waals surface area contributed by atoms with Gasteiger partial charge in [-0.1, -0.05) is 12.1 Å². The number of rotatable bonds is 6. The first-order valence-electron chi connectivity index (χ1n) is 10.2. The number of hydrogen-bond acceptors (Lipinski definition) is 5. The summed E-state index contributed by atoms with van der Waals surface area (Å²) in [6.45, 7) is -0.186. The Morgan fingerprint density at radius 2 is 1.83 bits per heavy atom. The van der Waals surface area contributed by atoms with E-state index in [4.69, 9.17) is 5.73 Å². The van der Waals surface area contributed by atoms with Crippen LogP contribution in [0.5, 0.6) is 0 Å². The number of alkyl halides is 2. The molecule has 0 saturated heterocycles. The Balaban J connectivity index is 1.60. The summed E-state index contributed by atoms with van der Waals surface area (Å²) in [5.41, 5.74) is 4.57. The van der Waals surface area contributed by atoms with Gasteiger partial charge < -0.3 is 16.2 Å². The summed E-state index contributed by atoms with van der Waals surface area (Å²) in [7, 11) is 0. The van der Waals surface area contributed by atoms with Crippen LogP contribution >= 0.6 is 0 Å². The molecule has 1 atom stereocenters. The highest BCUT2D eigenvalue weighted by Gasteiger charge is 2.40. The molecule has 0 bridgehead atoms. The van der Waals surface area contributed by atoms with E-state index in [0.717, 1.165) is 37.3 Å². The van der Waals surface area contributed by atoms with Crippen LogP contribution in [0.15, 0.2) is 48.7 Å². The number of nitrogens with one attached hydrogen (secondary N) is 1. The molecule has 0 aliphatic carbocycles. The van der Waals surface area contributed by atoms with Crippen molar-refractivity contribution in [2.24, 2.45) is 0 Å². The standard InChI is InChI=1S/C23H18F5N5O2/c1-11-15(21(35)30-10-23(27,28)20(34)12-2-4-14(24)5-3-12)9-16(19(26)18(11)25)13-6-7-33-17(8-13)31-22(29)32-33/h2-9,20,34H,10H2,1H3,(H2,29,32)(H,30,35). The van der Waals surface area contributed by atoms with Crippen LogP contribution in [0.25, 0.3) is 16.8 Å². The second kappa shape index (κ2) is 8.95. The SMILES string of the molecule is Cc1c(C(=O)NCC(F)(F)C(O)c2ccc(F)cc2)cc(-c2ccn3nc(N)nc3c2)c(F)c1F. The van der Waals surface area contributed by atoms with E-state index >= 15 is 0 Å². The minimum absolute atomic E-state index is 0.0403. The minimum Gasteiger partial charge on any atom is -0.382 e. The lowest BCUT2D eigenvalue weighted by Gasteiger charge is -2.23. The Labute approximate surface area is 195 Å². The van der Waals surface area contributed by atoms with Crippen LogP contribution in [-0.2, 0) is 0 Å². The quantitative estimate of drug-likeness (QED) is 0.356. The normalized spacial score (nSPS) is 12.7. The Hall–Kier alpha value is -4.06. The molecule has 2 aromatic heterocycles. The highest BCUT2D eigenvalue weighted by molar-refractivity contribution is 5.97. The number of nitrogen functional groups attached to an aromatic ring is 1. The maximum Gasteiger partial charge on any atom is 0.294 e. The number of aliphatic hydroxyl groups excluding tert-OH is 1. The molecule has 35 heavy (non-hydrogen) atoms. The smallest absolute Gasteiger partial charge is 0.294 e. The average molecular weight is 491 g/mol. The molecule has 4 N–H and O–H groups in total. The predicted molar refractivity (Wildman–Crippen MR) is 116 cm³/mol. The Kier molecular flexibility index (Phi) is 6.15. The molecule has 2 heterocycles. The van der Waals surface area contributed by atoms with E-state index in [1.165, 1.54) is 22.8 Å². The molecule has 2 aromatic carbocycles. The molecule has 1 amide bonds. The second-order valence-corrected chi connectivity index (χ2v) is 7.81. The number of carbonyl (C=O) groups is 1. The van der Waals surface area contributed by atoms with Gasteiger partial charge in [0.15, 0.2) is 17.3 Å². The van der Waals surface area contributed by atoms with Crippen molar-refractivity contribution in [3.05, 3.63) is 82.8 Å². The summed E-state index contributed by atoms with van der Waals surface area (Å²) >= 11 is 0. The molecule has 4 rings (SSSR count). The number of benzene rings is 2. The number of halogens is 5. The second-order valence-electron chi connectivity index (χ2n) is 7.81. The molecular weight excluding hydrogens is 473 g/mol. The number of hydrogen-bond donors (Lipinski definition) is 3. The number of carbonyl (C=O) groups excluding carboxylic acids is 1. The summed E-state index contributed by atoms with van der Waals surface area (Å²) in [4.78, 5) is 16.6. The van der Waals surface area contributed by atoms with Crippen molar-refractivity contribution in [3.63, 3.8) is 0 Å². The van der Waals surface area contributed by atoms with Gasteiger partial charge in [0, 0.05) is 22.9 Å².